The summed E-state index contributed by atoms with van der Waals surface area (Å²) in [5, 5.41) is 2.49. The van der Waals surface area contributed by atoms with Gasteiger partial charge in [-0.05, 0) is 23.3 Å². The summed E-state index contributed by atoms with van der Waals surface area (Å²) in [6, 6.07) is 12.5. The first-order valence-corrected chi connectivity index (χ1v) is 4.41. The summed E-state index contributed by atoms with van der Waals surface area (Å²) < 4.78 is 0. The van der Waals surface area contributed by atoms with Gasteiger partial charge in [0.15, 0.2) is 0 Å². The number of rotatable bonds is 0. The van der Waals surface area contributed by atoms with Crippen molar-refractivity contribution in [1.29, 1.82) is 0 Å². The number of hydrogen-bond donors (Lipinski definition) is 1. The second-order valence-corrected chi connectivity index (χ2v) is 3.40. The maximum Gasteiger partial charge on any atom is 1.00 e. The maximum atomic E-state index is 4.46. The van der Waals surface area contributed by atoms with Crippen molar-refractivity contribution in [3.63, 3.8) is 0 Å². The summed E-state index contributed by atoms with van der Waals surface area (Å²) in [6.45, 7) is 2.08. The van der Waals surface area contributed by atoms with Crippen molar-refractivity contribution in [3.8, 4) is 0 Å². The van der Waals surface area contributed by atoms with Gasteiger partial charge in [-0.25, -0.2) is 0 Å². The van der Waals surface area contributed by atoms with Gasteiger partial charge in [0.25, 0.3) is 0 Å². The van der Waals surface area contributed by atoms with Crippen LogP contribution in [0.15, 0.2) is 41.3 Å². The predicted octanol–water partition coefficient (Wildman–Crippen LogP) is 0.553. The van der Waals surface area contributed by atoms with E-state index in [0.29, 0.717) is 0 Å². The number of hydrogen-bond acceptors (Lipinski definition) is 1. The van der Waals surface area contributed by atoms with Gasteiger partial charge in [-0.1, -0.05) is 36.4 Å². The van der Waals surface area contributed by atoms with E-state index in [4.69, 9.17) is 0 Å². The monoisotopic (exact) mass is 182 g/mol. The Balaban J connectivity index is 0.000000845. The van der Waals surface area contributed by atoms with E-state index in [1.165, 1.54) is 16.3 Å². The summed E-state index contributed by atoms with van der Waals surface area (Å²) >= 11 is 4.46. The molecule has 0 spiro atoms. The summed E-state index contributed by atoms with van der Waals surface area (Å²) in [7, 11) is 0. The summed E-state index contributed by atoms with van der Waals surface area (Å²) in [6.07, 6.45) is 0. The Morgan fingerprint density at radius 3 is 2.54 bits per heavy atom. The van der Waals surface area contributed by atoms with Crippen molar-refractivity contribution in [3.05, 3.63) is 42.0 Å². The van der Waals surface area contributed by atoms with Gasteiger partial charge in [-0.15, -0.1) is 12.6 Å². The zero-order valence-electron chi connectivity index (χ0n) is 8.91. The molecule has 0 radical (unpaired) electrons. The molecule has 0 nitrogen and oxygen atoms in total. The Kier molecular flexibility index (Phi) is 3.50. The van der Waals surface area contributed by atoms with E-state index < -0.39 is 0 Å². The van der Waals surface area contributed by atoms with Crippen LogP contribution in [0.4, 0.5) is 0 Å². The Bertz CT molecular complexity index is 429. The molecule has 0 N–H and O–H groups in total. The number of fused-ring (bicyclic) bond motifs is 1. The molecular formula is C11H11LiS. The van der Waals surface area contributed by atoms with Crippen LogP contribution >= 0.6 is 12.6 Å². The van der Waals surface area contributed by atoms with Crippen molar-refractivity contribution in [1.82, 2.24) is 0 Å². The van der Waals surface area contributed by atoms with Crippen LogP contribution < -0.4 is 18.9 Å². The van der Waals surface area contributed by atoms with Gasteiger partial charge in [-0.3, -0.25) is 0 Å². The molecule has 0 aliphatic heterocycles. The molecule has 0 aromatic heterocycles. The molecule has 0 amide bonds. The van der Waals surface area contributed by atoms with Crippen LogP contribution in [0.1, 0.15) is 6.99 Å². The van der Waals surface area contributed by atoms with E-state index >= 15 is 0 Å². The number of thiol groups is 1. The molecule has 2 rings (SSSR count). The Hall–Kier alpha value is -0.353. The van der Waals surface area contributed by atoms with Gasteiger partial charge in [0.2, 0.25) is 0 Å². The quantitative estimate of drug-likeness (QED) is 0.446. The van der Waals surface area contributed by atoms with Crippen molar-refractivity contribution in [2.75, 3.05) is 0 Å². The van der Waals surface area contributed by atoms with Gasteiger partial charge in [-0.2, -0.15) is 0 Å². The Morgan fingerprint density at radius 1 is 1.08 bits per heavy atom. The molecule has 0 aliphatic rings. The Morgan fingerprint density at radius 2 is 1.77 bits per heavy atom. The second kappa shape index (κ2) is 4.24. The molecule has 0 heterocycles. The van der Waals surface area contributed by atoms with E-state index in [0.717, 1.165) is 4.90 Å². The Labute approximate surface area is 97.4 Å². The van der Waals surface area contributed by atoms with Crippen LogP contribution in [0.5, 0.6) is 0 Å². The average molecular weight is 182 g/mol. The third-order valence-electron chi connectivity index (χ3n) is 2.10. The topological polar surface area (TPSA) is 0 Å². The van der Waals surface area contributed by atoms with E-state index in [1.807, 2.05) is 12.1 Å². The average Bonchev–Trinajstić information content (AvgIpc) is 2.12. The first kappa shape index (κ1) is 10.7. The minimum Gasteiger partial charge on any atom is -1.00 e. The van der Waals surface area contributed by atoms with E-state index in [-0.39, 0.29) is 20.3 Å². The fourth-order valence-electron chi connectivity index (χ4n) is 1.36. The minimum atomic E-state index is 0. The summed E-state index contributed by atoms with van der Waals surface area (Å²) in [5.41, 5.74) is 1.23. The fraction of sp³-hybridized carbons (Fsp3) is 0.0909. The maximum absolute atomic E-state index is 4.46. The molecule has 0 saturated carbocycles. The third-order valence-corrected chi connectivity index (χ3v) is 2.70. The standard InChI is InChI=1S/C11H10S.Li.H/c1-8-6-7-9-4-2-3-5-10(9)11(8)12;;/h2-7,12H,1H3;;/q;+1;-1. The van der Waals surface area contributed by atoms with E-state index in [1.54, 1.807) is 0 Å². The minimum absolute atomic E-state index is 0. The van der Waals surface area contributed by atoms with Crippen molar-refractivity contribution in [2.45, 2.75) is 11.8 Å². The van der Waals surface area contributed by atoms with Crippen LogP contribution in [0.25, 0.3) is 10.8 Å². The molecular weight excluding hydrogens is 171 g/mol. The van der Waals surface area contributed by atoms with E-state index in [9.17, 15) is 0 Å². The number of aryl methyl sites for hydroxylation is 1. The van der Waals surface area contributed by atoms with Gasteiger partial charge < -0.3 is 1.43 Å². The molecule has 2 aromatic rings. The summed E-state index contributed by atoms with van der Waals surface area (Å²) in [5.74, 6) is 0. The molecule has 0 saturated heterocycles. The molecule has 0 atom stereocenters. The van der Waals surface area contributed by atoms with Crippen LogP contribution in [-0.4, -0.2) is 0 Å². The summed E-state index contributed by atoms with van der Waals surface area (Å²) in [4.78, 5) is 1.09. The first-order chi connectivity index (χ1) is 5.79. The SMILES string of the molecule is Cc1ccc2ccccc2c1S.[H-].[Li+]. The molecule has 0 bridgehead atoms. The molecule has 0 unspecified atom stereocenters. The van der Waals surface area contributed by atoms with Crippen molar-refractivity contribution < 1.29 is 20.3 Å². The fourth-order valence-corrected chi connectivity index (χ4v) is 1.64. The van der Waals surface area contributed by atoms with Gasteiger partial charge in [0.1, 0.15) is 0 Å². The normalized spacial score (nSPS) is 9.69. The molecule has 13 heavy (non-hydrogen) atoms. The van der Waals surface area contributed by atoms with Crippen LogP contribution in [0.3, 0.4) is 0 Å². The largest absolute Gasteiger partial charge is 1.00 e. The van der Waals surface area contributed by atoms with Crippen molar-refractivity contribution in [2.24, 2.45) is 0 Å². The van der Waals surface area contributed by atoms with Gasteiger partial charge in [0, 0.05) is 4.90 Å². The molecule has 0 aliphatic carbocycles. The second-order valence-electron chi connectivity index (χ2n) is 2.95. The zero-order chi connectivity index (χ0) is 8.55. The van der Waals surface area contributed by atoms with Crippen LogP contribution in [-0.2, 0) is 0 Å². The van der Waals surface area contributed by atoms with Gasteiger partial charge in [0.05, 0.1) is 0 Å². The van der Waals surface area contributed by atoms with Gasteiger partial charge >= 0.3 is 18.9 Å². The molecule has 0 fully saturated rings. The van der Waals surface area contributed by atoms with Crippen LogP contribution in [0, 0.1) is 6.92 Å². The van der Waals surface area contributed by atoms with E-state index in [2.05, 4.69) is 43.8 Å². The molecule has 2 aromatic carbocycles. The third kappa shape index (κ3) is 1.94. The van der Waals surface area contributed by atoms with Crippen molar-refractivity contribution >= 4 is 23.4 Å². The smallest absolute Gasteiger partial charge is 1.00 e. The predicted molar refractivity (Wildman–Crippen MR) is 57.0 cm³/mol. The zero-order valence-corrected chi connectivity index (χ0v) is 8.81. The van der Waals surface area contributed by atoms with Crippen LogP contribution in [0.2, 0.25) is 0 Å². The molecule has 62 valence electrons. The first-order valence-electron chi connectivity index (χ1n) is 3.96. The molecule has 2 heteroatoms. The number of benzene rings is 2.